The number of aliphatic hydroxyl groups excluding tert-OH is 2. The van der Waals surface area contributed by atoms with Crippen molar-refractivity contribution < 1.29 is 10.2 Å². The zero-order chi connectivity index (χ0) is 18.9. The number of rotatable bonds is 9. The van der Waals surface area contributed by atoms with Crippen LogP contribution < -0.4 is 5.32 Å². The van der Waals surface area contributed by atoms with E-state index in [4.69, 9.17) is 0 Å². The summed E-state index contributed by atoms with van der Waals surface area (Å²) in [7, 11) is 0. The lowest BCUT2D eigenvalue weighted by Crippen LogP contribution is -2.45. The Morgan fingerprint density at radius 1 is 0.704 bits per heavy atom. The van der Waals surface area contributed by atoms with Crippen LogP contribution in [0.25, 0.3) is 0 Å². The van der Waals surface area contributed by atoms with Crippen LogP contribution in [0.1, 0.15) is 29.2 Å². The molecule has 3 nitrogen and oxygen atoms in total. The maximum atomic E-state index is 10.7. The second kappa shape index (κ2) is 10.0. The zero-order valence-corrected chi connectivity index (χ0v) is 15.4. The van der Waals surface area contributed by atoms with E-state index in [1.54, 1.807) is 0 Å². The monoisotopic (exact) mass is 361 g/mol. The fraction of sp³-hybridized carbons (Fsp3) is 0.250. The fourth-order valence-electron chi connectivity index (χ4n) is 3.34. The Hall–Kier alpha value is -2.46. The molecule has 3 aromatic carbocycles. The molecule has 0 aliphatic rings. The molecule has 0 fully saturated rings. The molecule has 140 valence electrons. The molecule has 0 aliphatic carbocycles. The molecule has 27 heavy (non-hydrogen) atoms. The second-order valence-electron chi connectivity index (χ2n) is 6.80. The number of hydrogen-bond donors (Lipinski definition) is 3. The standard InChI is InChI=1S/C24H27NO2/c26-18-22(23(27)17-16-19-10-4-1-5-11-19)25-24(20-12-6-2-7-13-20)21-14-8-3-9-15-21/h1-15,22-27H,16-18H2/t22-,23+/m0/s1. The van der Waals surface area contributed by atoms with Gasteiger partial charge in [0.15, 0.2) is 0 Å². The number of aliphatic hydroxyl groups is 2. The third kappa shape index (κ3) is 5.51. The molecule has 0 spiro atoms. The van der Waals surface area contributed by atoms with Crippen molar-refractivity contribution in [3.8, 4) is 0 Å². The van der Waals surface area contributed by atoms with Crippen molar-refractivity contribution in [1.82, 2.24) is 5.32 Å². The average molecular weight is 361 g/mol. The van der Waals surface area contributed by atoms with Gasteiger partial charge in [-0.15, -0.1) is 0 Å². The molecule has 0 heterocycles. The van der Waals surface area contributed by atoms with Crippen LogP contribution in [0.15, 0.2) is 91.0 Å². The van der Waals surface area contributed by atoms with E-state index in [9.17, 15) is 10.2 Å². The quantitative estimate of drug-likeness (QED) is 0.544. The maximum Gasteiger partial charge on any atom is 0.0719 e. The second-order valence-corrected chi connectivity index (χ2v) is 6.80. The minimum atomic E-state index is -0.634. The third-order valence-corrected chi connectivity index (χ3v) is 4.88. The molecule has 3 aromatic rings. The van der Waals surface area contributed by atoms with E-state index in [1.165, 1.54) is 5.56 Å². The van der Waals surface area contributed by atoms with Gasteiger partial charge in [0.1, 0.15) is 0 Å². The van der Waals surface area contributed by atoms with Crippen LogP contribution in [0.5, 0.6) is 0 Å². The largest absolute Gasteiger partial charge is 0.395 e. The Balaban J connectivity index is 1.72. The Labute approximate surface area is 161 Å². The lowest BCUT2D eigenvalue weighted by atomic mass is 9.95. The summed E-state index contributed by atoms with van der Waals surface area (Å²) in [5, 5.41) is 24.1. The van der Waals surface area contributed by atoms with Crippen LogP contribution in [0.2, 0.25) is 0 Å². The summed E-state index contributed by atoms with van der Waals surface area (Å²) >= 11 is 0. The lowest BCUT2D eigenvalue weighted by Gasteiger charge is -2.29. The van der Waals surface area contributed by atoms with Gasteiger partial charge in [0.05, 0.1) is 24.8 Å². The average Bonchev–Trinajstić information content (AvgIpc) is 2.75. The van der Waals surface area contributed by atoms with Crippen LogP contribution >= 0.6 is 0 Å². The molecular weight excluding hydrogens is 334 g/mol. The van der Waals surface area contributed by atoms with Crippen molar-refractivity contribution in [3.63, 3.8) is 0 Å². The molecule has 2 atom stereocenters. The van der Waals surface area contributed by atoms with Crippen molar-refractivity contribution in [3.05, 3.63) is 108 Å². The summed E-state index contributed by atoms with van der Waals surface area (Å²) < 4.78 is 0. The highest BCUT2D eigenvalue weighted by Gasteiger charge is 2.23. The first-order valence-electron chi connectivity index (χ1n) is 9.46. The molecule has 0 amide bonds. The minimum Gasteiger partial charge on any atom is -0.395 e. The van der Waals surface area contributed by atoms with E-state index < -0.39 is 12.1 Å². The van der Waals surface area contributed by atoms with Crippen molar-refractivity contribution in [2.24, 2.45) is 0 Å². The first-order valence-corrected chi connectivity index (χ1v) is 9.46. The zero-order valence-electron chi connectivity index (χ0n) is 15.4. The first-order chi connectivity index (χ1) is 13.3. The SMILES string of the molecule is OC[C@H](NC(c1ccccc1)c1ccccc1)[C@H](O)CCc1ccccc1. The maximum absolute atomic E-state index is 10.7. The number of hydrogen-bond acceptors (Lipinski definition) is 3. The molecule has 0 aliphatic heterocycles. The van der Waals surface area contributed by atoms with E-state index in [0.717, 1.165) is 17.5 Å². The van der Waals surface area contributed by atoms with E-state index in [-0.39, 0.29) is 12.6 Å². The van der Waals surface area contributed by atoms with Crippen LogP contribution in [-0.2, 0) is 6.42 Å². The summed E-state index contributed by atoms with van der Waals surface area (Å²) in [4.78, 5) is 0. The van der Waals surface area contributed by atoms with Gasteiger partial charge in [-0.25, -0.2) is 0 Å². The van der Waals surface area contributed by atoms with E-state index >= 15 is 0 Å². The Morgan fingerprint density at radius 3 is 1.67 bits per heavy atom. The Bertz CT molecular complexity index is 738. The van der Waals surface area contributed by atoms with E-state index in [0.29, 0.717) is 6.42 Å². The van der Waals surface area contributed by atoms with Gasteiger partial charge in [0.25, 0.3) is 0 Å². The topological polar surface area (TPSA) is 52.5 Å². The number of benzene rings is 3. The molecule has 3 rings (SSSR count). The molecular formula is C24H27NO2. The number of aryl methyl sites for hydroxylation is 1. The smallest absolute Gasteiger partial charge is 0.0719 e. The molecule has 3 N–H and O–H groups in total. The molecule has 3 heteroatoms. The molecule has 0 aromatic heterocycles. The van der Waals surface area contributed by atoms with Crippen molar-refractivity contribution in [2.75, 3.05) is 6.61 Å². The van der Waals surface area contributed by atoms with Crippen molar-refractivity contribution >= 4 is 0 Å². The van der Waals surface area contributed by atoms with E-state index in [2.05, 4.69) is 41.7 Å². The Morgan fingerprint density at radius 2 is 1.19 bits per heavy atom. The van der Waals surface area contributed by atoms with Gasteiger partial charge in [-0.1, -0.05) is 91.0 Å². The van der Waals surface area contributed by atoms with Gasteiger partial charge in [0, 0.05) is 0 Å². The van der Waals surface area contributed by atoms with Gasteiger partial charge < -0.3 is 10.2 Å². The molecule has 0 radical (unpaired) electrons. The summed E-state index contributed by atoms with van der Waals surface area (Å²) in [6, 6.07) is 29.9. The molecule has 0 saturated carbocycles. The van der Waals surface area contributed by atoms with Crippen molar-refractivity contribution in [2.45, 2.75) is 31.0 Å². The highest BCUT2D eigenvalue weighted by molar-refractivity contribution is 5.31. The minimum absolute atomic E-state index is 0.0871. The van der Waals surface area contributed by atoms with Crippen LogP contribution in [0, 0.1) is 0 Å². The van der Waals surface area contributed by atoms with Crippen LogP contribution in [0.3, 0.4) is 0 Å². The summed E-state index contributed by atoms with van der Waals surface area (Å²) in [6.45, 7) is -0.119. The lowest BCUT2D eigenvalue weighted by molar-refractivity contribution is 0.0796. The van der Waals surface area contributed by atoms with Gasteiger partial charge in [-0.05, 0) is 29.5 Å². The van der Waals surface area contributed by atoms with Crippen molar-refractivity contribution in [1.29, 1.82) is 0 Å². The first kappa shape index (κ1) is 19.3. The van der Waals surface area contributed by atoms with Gasteiger partial charge in [-0.3, -0.25) is 5.32 Å². The van der Waals surface area contributed by atoms with Crippen LogP contribution in [-0.4, -0.2) is 29.0 Å². The van der Waals surface area contributed by atoms with Gasteiger partial charge in [-0.2, -0.15) is 0 Å². The highest BCUT2D eigenvalue weighted by Crippen LogP contribution is 2.23. The van der Waals surface area contributed by atoms with Gasteiger partial charge >= 0.3 is 0 Å². The summed E-state index contributed by atoms with van der Waals surface area (Å²) in [6.07, 6.45) is 0.741. The Kier molecular flexibility index (Phi) is 7.17. The molecule has 0 bridgehead atoms. The highest BCUT2D eigenvalue weighted by atomic mass is 16.3. The third-order valence-electron chi connectivity index (χ3n) is 4.88. The number of nitrogens with one attached hydrogen (secondary N) is 1. The predicted molar refractivity (Wildman–Crippen MR) is 110 cm³/mol. The predicted octanol–water partition coefficient (Wildman–Crippen LogP) is 3.72. The van der Waals surface area contributed by atoms with Crippen LogP contribution in [0.4, 0.5) is 0 Å². The molecule has 0 unspecified atom stereocenters. The van der Waals surface area contributed by atoms with E-state index in [1.807, 2.05) is 54.6 Å². The summed E-state index contributed by atoms with van der Waals surface area (Å²) in [5.41, 5.74) is 3.41. The normalized spacial score (nSPS) is 13.4. The van der Waals surface area contributed by atoms with Gasteiger partial charge in [0.2, 0.25) is 0 Å². The molecule has 0 saturated heterocycles. The summed E-state index contributed by atoms with van der Waals surface area (Å²) in [5.74, 6) is 0. The fourth-order valence-corrected chi connectivity index (χ4v) is 3.34.